The third-order valence-corrected chi connectivity index (χ3v) is 6.99. The van der Waals surface area contributed by atoms with Gasteiger partial charge in [0, 0.05) is 29.7 Å². The Hall–Kier alpha value is -0.770. The Bertz CT molecular complexity index is 597. The number of hydrogen-bond acceptors (Lipinski definition) is 3. The molecule has 3 nitrogen and oxygen atoms in total. The van der Waals surface area contributed by atoms with E-state index in [0.29, 0.717) is 5.02 Å². The molecule has 24 heavy (non-hydrogen) atoms. The number of ether oxygens (including phenoxy) is 1. The Labute approximate surface area is 149 Å². The molecule has 4 rings (SSSR count). The average Bonchev–Trinajstić information content (AvgIpc) is 2.97. The van der Waals surface area contributed by atoms with Crippen molar-refractivity contribution in [2.75, 3.05) is 20.2 Å². The second-order valence-electron chi connectivity index (χ2n) is 8.00. The van der Waals surface area contributed by atoms with Crippen LogP contribution < -0.4 is 4.74 Å². The molecule has 2 saturated carbocycles. The number of fused-ring (bicyclic) bond motifs is 2. The van der Waals surface area contributed by atoms with Crippen molar-refractivity contribution in [1.29, 1.82) is 0 Å². The lowest BCUT2D eigenvalue weighted by atomic mass is 9.80. The molecule has 3 aliphatic rings. The number of likely N-dealkylation sites (tertiary alicyclic amines) is 1. The van der Waals surface area contributed by atoms with E-state index in [1.54, 1.807) is 7.11 Å². The van der Waals surface area contributed by atoms with Crippen LogP contribution in [0.25, 0.3) is 0 Å². The summed E-state index contributed by atoms with van der Waals surface area (Å²) in [5, 5.41) is 11.9. The Kier molecular flexibility index (Phi) is 4.53. The van der Waals surface area contributed by atoms with Crippen LogP contribution in [-0.4, -0.2) is 36.2 Å². The van der Waals surface area contributed by atoms with Crippen molar-refractivity contribution in [3.63, 3.8) is 0 Å². The molecule has 132 valence electrons. The van der Waals surface area contributed by atoms with E-state index < -0.39 is 5.60 Å². The highest BCUT2D eigenvalue weighted by molar-refractivity contribution is 6.30. The van der Waals surface area contributed by atoms with Crippen molar-refractivity contribution >= 4 is 11.6 Å². The first-order chi connectivity index (χ1) is 11.6. The molecular weight excluding hydrogens is 322 g/mol. The number of aliphatic hydroxyl groups is 1. The van der Waals surface area contributed by atoms with Crippen molar-refractivity contribution < 1.29 is 9.84 Å². The van der Waals surface area contributed by atoms with Crippen LogP contribution >= 0.6 is 11.6 Å². The van der Waals surface area contributed by atoms with Gasteiger partial charge in [-0.15, -0.1) is 0 Å². The third kappa shape index (κ3) is 2.95. The lowest BCUT2D eigenvalue weighted by Crippen LogP contribution is -2.50. The molecule has 1 saturated heterocycles. The summed E-state index contributed by atoms with van der Waals surface area (Å²) in [6, 6.07) is 6.30. The minimum Gasteiger partial charge on any atom is -0.496 e. The highest BCUT2D eigenvalue weighted by atomic mass is 35.5. The predicted octanol–water partition coefficient (Wildman–Crippen LogP) is 4.21. The van der Waals surface area contributed by atoms with Gasteiger partial charge in [0.15, 0.2) is 0 Å². The van der Waals surface area contributed by atoms with Gasteiger partial charge in [-0.25, -0.2) is 0 Å². The molecule has 0 spiro atoms. The Morgan fingerprint density at radius 1 is 1.17 bits per heavy atom. The summed E-state index contributed by atoms with van der Waals surface area (Å²) >= 11 is 6.17. The molecule has 3 atom stereocenters. The lowest BCUT2D eigenvalue weighted by molar-refractivity contribution is -0.0468. The minimum absolute atomic E-state index is 0.658. The normalized spacial score (nSPS) is 32.7. The molecule has 0 amide bonds. The summed E-state index contributed by atoms with van der Waals surface area (Å²) in [5.74, 6) is 2.64. The summed E-state index contributed by atoms with van der Waals surface area (Å²) in [4.78, 5) is 2.65. The largest absolute Gasteiger partial charge is 0.496 e. The molecule has 1 aromatic rings. The van der Waals surface area contributed by atoms with E-state index in [-0.39, 0.29) is 0 Å². The fourth-order valence-corrected chi connectivity index (χ4v) is 5.56. The van der Waals surface area contributed by atoms with Gasteiger partial charge in [0.05, 0.1) is 12.7 Å². The molecule has 1 N–H and O–H groups in total. The highest BCUT2D eigenvalue weighted by Gasteiger charge is 2.42. The zero-order valence-corrected chi connectivity index (χ0v) is 15.3. The molecule has 3 fully saturated rings. The van der Waals surface area contributed by atoms with Gasteiger partial charge in [-0.1, -0.05) is 18.0 Å². The van der Waals surface area contributed by atoms with Gasteiger partial charge in [-0.3, -0.25) is 4.90 Å². The zero-order valence-electron chi connectivity index (χ0n) is 14.5. The van der Waals surface area contributed by atoms with Gasteiger partial charge in [0.1, 0.15) is 5.75 Å². The Morgan fingerprint density at radius 2 is 1.92 bits per heavy atom. The van der Waals surface area contributed by atoms with E-state index >= 15 is 0 Å². The van der Waals surface area contributed by atoms with Crippen LogP contribution in [0.5, 0.6) is 5.75 Å². The maximum Gasteiger partial charge on any atom is 0.125 e. The van der Waals surface area contributed by atoms with Crippen LogP contribution in [0.1, 0.15) is 50.5 Å². The van der Waals surface area contributed by atoms with E-state index in [9.17, 15) is 5.11 Å². The first kappa shape index (κ1) is 16.7. The predicted molar refractivity (Wildman–Crippen MR) is 96.6 cm³/mol. The molecular formula is C20H28ClNO2. The number of piperidine rings is 1. The van der Waals surface area contributed by atoms with Crippen LogP contribution in [0.15, 0.2) is 18.2 Å². The first-order valence-corrected chi connectivity index (χ1v) is 9.77. The first-order valence-electron chi connectivity index (χ1n) is 9.39. The van der Waals surface area contributed by atoms with Crippen molar-refractivity contribution in [2.45, 2.75) is 56.6 Å². The van der Waals surface area contributed by atoms with Crippen molar-refractivity contribution in [3.05, 3.63) is 28.8 Å². The van der Waals surface area contributed by atoms with Gasteiger partial charge in [-0.2, -0.15) is 0 Å². The summed E-state index contributed by atoms with van der Waals surface area (Å²) < 4.78 is 5.47. The SMILES string of the molecule is COc1ccc(Cl)cc1C1(O)CCN(C2CCC3CCC2C3)CC1. The van der Waals surface area contributed by atoms with Gasteiger partial charge in [0.25, 0.3) is 0 Å². The topological polar surface area (TPSA) is 32.7 Å². The van der Waals surface area contributed by atoms with Gasteiger partial charge in [0.2, 0.25) is 0 Å². The summed E-state index contributed by atoms with van der Waals surface area (Å²) in [5.41, 5.74) is 0.0290. The average molecular weight is 350 g/mol. The fraction of sp³-hybridized carbons (Fsp3) is 0.700. The van der Waals surface area contributed by atoms with Crippen LogP contribution in [-0.2, 0) is 5.60 Å². The number of hydrogen-bond donors (Lipinski definition) is 1. The molecule has 1 aromatic carbocycles. The maximum atomic E-state index is 11.3. The molecule has 0 aromatic heterocycles. The van der Waals surface area contributed by atoms with E-state index in [4.69, 9.17) is 16.3 Å². The fourth-order valence-electron chi connectivity index (χ4n) is 5.39. The number of rotatable bonds is 3. The van der Waals surface area contributed by atoms with Gasteiger partial charge in [-0.05, 0) is 68.6 Å². The van der Waals surface area contributed by atoms with E-state index in [1.807, 2.05) is 18.2 Å². The van der Waals surface area contributed by atoms with Crippen molar-refractivity contribution in [1.82, 2.24) is 4.90 Å². The molecule has 1 heterocycles. The smallest absolute Gasteiger partial charge is 0.125 e. The van der Waals surface area contributed by atoms with E-state index in [0.717, 1.165) is 55.1 Å². The Morgan fingerprint density at radius 3 is 2.67 bits per heavy atom. The Balaban J connectivity index is 1.48. The van der Waals surface area contributed by atoms with Crippen LogP contribution in [0, 0.1) is 11.8 Å². The van der Waals surface area contributed by atoms with Gasteiger partial charge >= 0.3 is 0 Å². The van der Waals surface area contributed by atoms with Crippen molar-refractivity contribution in [2.24, 2.45) is 11.8 Å². The number of nitrogens with zero attached hydrogens (tertiary/aromatic N) is 1. The maximum absolute atomic E-state index is 11.3. The molecule has 3 unspecified atom stereocenters. The molecule has 1 aliphatic heterocycles. The standard InChI is InChI=1S/C20H28ClNO2/c1-24-19-7-5-16(21)13-17(19)20(23)8-10-22(11-9-20)18-6-3-14-2-4-15(18)12-14/h5,7,13-15,18,23H,2-4,6,8-12H2,1H3. The van der Waals surface area contributed by atoms with Crippen LogP contribution in [0.2, 0.25) is 5.02 Å². The second-order valence-corrected chi connectivity index (χ2v) is 8.43. The monoisotopic (exact) mass is 349 g/mol. The van der Waals surface area contributed by atoms with Crippen molar-refractivity contribution in [3.8, 4) is 5.75 Å². The second kappa shape index (κ2) is 6.51. The summed E-state index contributed by atoms with van der Waals surface area (Å²) in [7, 11) is 1.66. The third-order valence-electron chi connectivity index (χ3n) is 6.75. The summed E-state index contributed by atoms with van der Waals surface area (Å²) in [6.07, 6.45) is 8.58. The van der Waals surface area contributed by atoms with Crippen LogP contribution in [0.4, 0.5) is 0 Å². The summed E-state index contributed by atoms with van der Waals surface area (Å²) in [6.45, 7) is 1.94. The minimum atomic E-state index is -0.820. The number of methoxy groups -OCH3 is 1. The quantitative estimate of drug-likeness (QED) is 0.887. The van der Waals surface area contributed by atoms with E-state index in [2.05, 4.69) is 4.90 Å². The molecule has 4 heteroatoms. The number of benzene rings is 1. The molecule has 0 radical (unpaired) electrons. The highest BCUT2D eigenvalue weighted by Crippen LogP contribution is 2.46. The number of halogens is 1. The van der Waals surface area contributed by atoms with Crippen LogP contribution in [0.3, 0.4) is 0 Å². The van der Waals surface area contributed by atoms with Gasteiger partial charge < -0.3 is 9.84 Å². The zero-order chi connectivity index (χ0) is 16.7. The van der Waals surface area contributed by atoms with E-state index in [1.165, 1.54) is 32.1 Å². The molecule has 2 bridgehead atoms. The molecule has 2 aliphatic carbocycles. The lowest BCUT2D eigenvalue weighted by Gasteiger charge is -2.45.